The summed E-state index contributed by atoms with van der Waals surface area (Å²) in [5.41, 5.74) is 1.74. The molecule has 1 aliphatic heterocycles. The molecule has 2 heterocycles. The minimum Gasteiger partial charge on any atom is -0.482 e. The van der Waals surface area contributed by atoms with E-state index in [4.69, 9.17) is 4.74 Å². The van der Waals surface area contributed by atoms with Crippen LogP contribution in [0.5, 0.6) is 5.75 Å². The molecule has 1 aliphatic rings. The van der Waals surface area contributed by atoms with E-state index in [9.17, 15) is 9.59 Å². The molecular weight excluding hydrogens is 250 g/mol. The van der Waals surface area contributed by atoms with E-state index in [2.05, 4.69) is 5.32 Å². The number of ether oxygens (including phenoxy) is 1. The molecule has 0 fully saturated rings. The van der Waals surface area contributed by atoms with Crippen molar-refractivity contribution in [3.05, 3.63) is 46.2 Å². The lowest BCUT2D eigenvalue weighted by molar-refractivity contribution is -0.118. The maximum absolute atomic E-state index is 12.1. The van der Waals surface area contributed by atoms with Gasteiger partial charge in [-0.05, 0) is 29.6 Å². The highest BCUT2D eigenvalue weighted by atomic mass is 32.1. The lowest BCUT2D eigenvalue weighted by atomic mass is 10.0. The summed E-state index contributed by atoms with van der Waals surface area (Å²) < 4.78 is 5.24. The molecule has 0 radical (unpaired) electrons. The Hall–Kier alpha value is -2.14. The molecule has 4 nitrogen and oxygen atoms in total. The van der Waals surface area contributed by atoms with Gasteiger partial charge < -0.3 is 10.1 Å². The maximum Gasteiger partial charge on any atom is 0.262 e. The van der Waals surface area contributed by atoms with Gasteiger partial charge in [0.25, 0.3) is 5.91 Å². The Morgan fingerprint density at radius 3 is 2.94 bits per heavy atom. The molecule has 18 heavy (non-hydrogen) atoms. The van der Waals surface area contributed by atoms with Crippen molar-refractivity contribution in [3.8, 4) is 5.75 Å². The van der Waals surface area contributed by atoms with Gasteiger partial charge in [-0.2, -0.15) is 11.3 Å². The van der Waals surface area contributed by atoms with E-state index in [1.165, 1.54) is 11.3 Å². The predicted molar refractivity (Wildman–Crippen MR) is 68.3 cm³/mol. The largest absolute Gasteiger partial charge is 0.482 e. The van der Waals surface area contributed by atoms with E-state index in [-0.39, 0.29) is 18.3 Å². The van der Waals surface area contributed by atoms with Gasteiger partial charge in [0.15, 0.2) is 12.4 Å². The SMILES string of the molecule is O=C1COc2ccc(C(=O)c3ccsc3)cc2N1. The van der Waals surface area contributed by atoms with Crippen LogP contribution in [-0.2, 0) is 4.79 Å². The van der Waals surface area contributed by atoms with Gasteiger partial charge in [-0.25, -0.2) is 0 Å². The second-order valence-corrected chi connectivity index (χ2v) is 4.67. The number of fused-ring (bicyclic) bond motifs is 1. The zero-order valence-electron chi connectivity index (χ0n) is 9.30. The van der Waals surface area contributed by atoms with Crippen LogP contribution in [0.2, 0.25) is 0 Å². The number of hydrogen-bond donors (Lipinski definition) is 1. The number of anilines is 1. The number of rotatable bonds is 2. The molecule has 5 heteroatoms. The molecule has 90 valence electrons. The first-order valence-electron chi connectivity index (χ1n) is 5.37. The first-order valence-corrected chi connectivity index (χ1v) is 6.32. The number of benzene rings is 1. The van der Waals surface area contributed by atoms with Crippen molar-refractivity contribution in [2.24, 2.45) is 0 Å². The summed E-state index contributed by atoms with van der Waals surface area (Å²) in [6, 6.07) is 6.83. The molecule has 1 amide bonds. The Kier molecular flexibility index (Phi) is 2.60. The van der Waals surface area contributed by atoms with E-state index >= 15 is 0 Å². The zero-order chi connectivity index (χ0) is 12.5. The molecule has 0 saturated heterocycles. The number of carbonyl (C=O) groups excluding carboxylic acids is 2. The summed E-state index contributed by atoms with van der Waals surface area (Å²) in [6.07, 6.45) is 0. The summed E-state index contributed by atoms with van der Waals surface area (Å²) >= 11 is 1.48. The zero-order valence-corrected chi connectivity index (χ0v) is 10.1. The van der Waals surface area contributed by atoms with Crippen LogP contribution in [0.3, 0.4) is 0 Å². The van der Waals surface area contributed by atoms with E-state index < -0.39 is 0 Å². The lowest BCUT2D eigenvalue weighted by Crippen LogP contribution is -2.25. The van der Waals surface area contributed by atoms with Crippen LogP contribution in [0.4, 0.5) is 5.69 Å². The van der Waals surface area contributed by atoms with Gasteiger partial charge in [0.1, 0.15) is 5.75 Å². The van der Waals surface area contributed by atoms with Crippen molar-refractivity contribution in [2.75, 3.05) is 11.9 Å². The molecule has 1 aromatic carbocycles. The highest BCUT2D eigenvalue weighted by molar-refractivity contribution is 7.08. The van der Waals surface area contributed by atoms with Crippen molar-refractivity contribution in [1.29, 1.82) is 0 Å². The van der Waals surface area contributed by atoms with Crippen LogP contribution in [0.1, 0.15) is 15.9 Å². The molecule has 2 aromatic rings. The Balaban J connectivity index is 1.97. The van der Waals surface area contributed by atoms with Crippen LogP contribution < -0.4 is 10.1 Å². The molecule has 0 unspecified atom stereocenters. The Morgan fingerprint density at radius 2 is 2.17 bits per heavy atom. The third-order valence-corrected chi connectivity index (χ3v) is 3.34. The number of thiophene rings is 1. The first kappa shape index (κ1) is 11.0. The summed E-state index contributed by atoms with van der Waals surface area (Å²) in [5.74, 6) is 0.331. The quantitative estimate of drug-likeness (QED) is 0.842. The highest BCUT2D eigenvalue weighted by Crippen LogP contribution is 2.29. The van der Waals surface area contributed by atoms with Crippen molar-refractivity contribution in [1.82, 2.24) is 0 Å². The average molecular weight is 259 g/mol. The summed E-state index contributed by atoms with van der Waals surface area (Å²) in [6.45, 7) is 0.0187. The van der Waals surface area contributed by atoms with Crippen LogP contribution >= 0.6 is 11.3 Å². The van der Waals surface area contributed by atoms with Gasteiger partial charge in [-0.1, -0.05) is 0 Å². The Morgan fingerprint density at radius 1 is 1.28 bits per heavy atom. The van der Waals surface area contributed by atoms with E-state index in [0.717, 1.165) is 0 Å². The minimum absolute atomic E-state index is 0.0187. The Bertz CT molecular complexity index is 619. The number of amides is 1. The molecule has 1 aromatic heterocycles. The van der Waals surface area contributed by atoms with Crippen LogP contribution in [0.15, 0.2) is 35.0 Å². The number of carbonyl (C=O) groups is 2. The fraction of sp³-hybridized carbons (Fsp3) is 0.0769. The molecule has 0 spiro atoms. The summed E-state index contributed by atoms with van der Waals surface area (Å²) in [5, 5.41) is 6.35. The summed E-state index contributed by atoms with van der Waals surface area (Å²) in [7, 11) is 0. The fourth-order valence-corrected chi connectivity index (χ4v) is 2.42. The van der Waals surface area contributed by atoms with Gasteiger partial charge in [0.2, 0.25) is 0 Å². The van der Waals surface area contributed by atoms with E-state index in [1.807, 2.05) is 5.38 Å². The molecule has 0 bridgehead atoms. The molecule has 1 N–H and O–H groups in total. The van der Waals surface area contributed by atoms with Crippen molar-refractivity contribution in [2.45, 2.75) is 0 Å². The standard InChI is InChI=1S/C13H9NO3S/c15-12-6-17-11-2-1-8(5-10(11)14-12)13(16)9-3-4-18-7-9/h1-5,7H,6H2,(H,14,15). The van der Waals surface area contributed by atoms with Gasteiger partial charge in [0.05, 0.1) is 5.69 Å². The van der Waals surface area contributed by atoms with E-state index in [0.29, 0.717) is 22.6 Å². The van der Waals surface area contributed by atoms with Gasteiger partial charge in [-0.3, -0.25) is 9.59 Å². The molecule has 0 aliphatic carbocycles. The number of hydrogen-bond acceptors (Lipinski definition) is 4. The first-order chi connectivity index (χ1) is 8.74. The van der Waals surface area contributed by atoms with Crippen LogP contribution in [-0.4, -0.2) is 18.3 Å². The fourth-order valence-electron chi connectivity index (χ4n) is 1.78. The maximum atomic E-state index is 12.1. The number of ketones is 1. The molecular formula is C13H9NO3S. The van der Waals surface area contributed by atoms with E-state index in [1.54, 1.807) is 29.6 Å². The monoisotopic (exact) mass is 259 g/mol. The van der Waals surface area contributed by atoms with Gasteiger partial charge in [0, 0.05) is 16.5 Å². The van der Waals surface area contributed by atoms with Crippen molar-refractivity contribution >= 4 is 28.7 Å². The number of nitrogens with one attached hydrogen (secondary N) is 1. The third kappa shape index (κ3) is 1.89. The van der Waals surface area contributed by atoms with Gasteiger partial charge >= 0.3 is 0 Å². The molecule has 3 rings (SSSR count). The Labute approximate surface area is 107 Å². The molecule has 0 atom stereocenters. The van der Waals surface area contributed by atoms with Crippen LogP contribution in [0, 0.1) is 0 Å². The van der Waals surface area contributed by atoms with Crippen molar-refractivity contribution in [3.63, 3.8) is 0 Å². The minimum atomic E-state index is -0.206. The average Bonchev–Trinajstić information content (AvgIpc) is 2.90. The van der Waals surface area contributed by atoms with Crippen molar-refractivity contribution < 1.29 is 14.3 Å². The second kappa shape index (κ2) is 4.27. The van der Waals surface area contributed by atoms with Crippen LogP contribution in [0.25, 0.3) is 0 Å². The van der Waals surface area contributed by atoms with Gasteiger partial charge in [-0.15, -0.1) is 0 Å². The predicted octanol–water partition coefficient (Wildman–Crippen LogP) is 2.31. The second-order valence-electron chi connectivity index (χ2n) is 3.89. The topological polar surface area (TPSA) is 55.4 Å². The lowest BCUT2D eigenvalue weighted by Gasteiger charge is -2.18. The normalized spacial score (nSPS) is 13.4. The highest BCUT2D eigenvalue weighted by Gasteiger charge is 2.18. The third-order valence-electron chi connectivity index (χ3n) is 2.66. The molecule has 0 saturated carbocycles. The smallest absolute Gasteiger partial charge is 0.262 e. The summed E-state index contributed by atoms with van der Waals surface area (Å²) in [4.78, 5) is 23.3.